The maximum atomic E-state index is 12.3. The van der Waals surface area contributed by atoms with Crippen LogP contribution in [0.25, 0.3) is 0 Å². The van der Waals surface area contributed by atoms with Gasteiger partial charge in [0.05, 0.1) is 6.61 Å². The summed E-state index contributed by atoms with van der Waals surface area (Å²) in [5.74, 6) is -0.868. The maximum Gasteiger partial charge on any atom is 0.325 e. The van der Waals surface area contributed by atoms with Crippen LogP contribution in [0.5, 0.6) is 0 Å². The van der Waals surface area contributed by atoms with Gasteiger partial charge in [-0.2, -0.15) is 0 Å². The molecule has 1 heterocycles. The van der Waals surface area contributed by atoms with E-state index in [1.165, 1.54) is 17.2 Å². The summed E-state index contributed by atoms with van der Waals surface area (Å²) in [6.07, 6.45) is 3.18. The number of aromatic amines is 1. The second kappa shape index (κ2) is 5.69. The predicted molar refractivity (Wildman–Crippen MR) is 67.8 cm³/mol. The average molecular weight is 264 g/mol. The highest BCUT2D eigenvalue weighted by Crippen LogP contribution is 2.27. The standard InChI is InChI=1S/C13H16N2O4/c1-2-19-11(16)8-15(9-5-6-9)13(18)10-4-3-7-14-12(10)17/h3-4,7,9H,2,5-6,8H2,1H3,(H,14,17). The largest absolute Gasteiger partial charge is 0.465 e. The van der Waals surface area contributed by atoms with E-state index in [2.05, 4.69) is 4.98 Å². The number of amides is 1. The molecule has 0 atom stereocenters. The summed E-state index contributed by atoms with van der Waals surface area (Å²) >= 11 is 0. The molecular formula is C13H16N2O4. The van der Waals surface area contributed by atoms with E-state index in [-0.39, 0.29) is 24.8 Å². The molecule has 1 aromatic rings. The van der Waals surface area contributed by atoms with Crippen LogP contribution in [0.1, 0.15) is 30.1 Å². The third-order valence-electron chi connectivity index (χ3n) is 2.90. The van der Waals surface area contributed by atoms with Gasteiger partial charge in [0, 0.05) is 12.2 Å². The molecule has 0 aliphatic heterocycles. The predicted octanol–water partition coefficient (Wildman–Crippen LogP) is 0.543. The van der Waals surface area contributed by atoms with Gasteiger partial charge < -0.3 is 14.6 Å². The minimum absolute atomic E-state index is 0.0384. The highest BCUT2D eigenvalue weighted by molar-refractivity contribution is 5.96. The van der Waals surface area contributed by atoms with Crippen molar-refractivity contribution in [3.05, 3.63) is 34.2 Å². The Morgan fingerprint density at radius 1 is 1.47 bits per heavy atom. The molecule has 0 spiro atoms. The lowest BCUT2D eigenvalue weighted by Crippen LogP contribution is -2.40. The molecule has 1 aliphatic rings. The summed E-state index contributed by atoms with van der Waals surface area (Å²) in [6.45, 7) is 1.88. The molecule has 0 bridgehead atoms. The van der Waals surface area contributed by atoms with Crippen LogP contribution in [-0.2, 0) is 9.53 Å². The van der Waals surface area contributed by atoms with E-state index in [9.17, 15) is 14.4 Å². The number of nitrogens with one attached hydrogen (secondary N) is 1. The van der Waals surface area contributed by atoms with Crippen molar-refractivity contribution in [2.75, 3.05) is 13.2 Å². The Kier molecular flexibility index (Phi) is 3.99. The Morgan fingerprint density at radius 3 is 2.79 bits per heavy atom. The van der Waals surface area contributed by atoms with E-state index in [0.29, 0.717) is 0 Å². The Bertz CT molecular complexity index is 533. The molecule has 1 amide bonds. The smallest absolute Gasteiger partial charge is 0.325 e. The highest BCUT2D eigenvalue weighted by Gasteiger charge is 2.35. The van der Waals surface area contributed by atoms with Gasteiger partial charge in [-0.1, -0.05) is 0 Å². The van der Waals surface area contributed by atoms with Gasteiger partial charge in [-0.15, -0.1) is 0 Å². The van der Waals surface area contributed by atoms with Gasteiger partial charge in [-0.25, -0.2) is 0 Å². The number of carbonyl (C=O) groups excluding carboxylic acids is 2. The molecule has 2 rings (SSSR count). The van der Waals surface area contributed by atoms with Crippen molar-refractivity contribution in [2.45, 2.75) is 25.8 Å². The van der Waals surface area contributed by atoms with Crippen LogP contribution in [-0.4, -0.2) is 41.0 Å². The Morgan fingerprint density at radius 2 is 2.21 bits per heavy atom. The van der Waals surface area contributed by atoms with Crippen LogP contribution in [0.15, 0.2) is 23.1 Å². The summed E-state index contributed by atoms with van der Waals surface area (Å²) in [6, 6.07) is 3.09. The first kappa shape index (κ1) is 13.3. The van der Waals surface area contributed by atoms with Gasteiger partial charge >= 0.3 is 5.97 Å². The molecule has 0 aromatic carbocycles. The number of aromatic nitrogens is 1. The molecule has 6 heteroatoms. The molecule has 19 heavy (non-hydrogen) atoms. The topological polar surface area (TPSA) is 79.5 Å². The molecular weight excluding hydrogens is 248 g/mol. The summed E-state index contributed by atoms with van der Waals surface area (Å²) < 4.78 is 4.85. The molecule has 1 aromatic heterocycles. The number of hydrogen-bond donors (Lipinski definition) is 1. The zero-order valence-corrected chi connectivity index (χ0v) is 10.7. The quantitative estimate of drug-likeness (QED) is 0.787. The Hall–Kier alpha value is -2.11. The van der Waals surface area contributed by atoms with Crippen molar-refractivity contribution < 1.29 is 14.3 Å². The van der Waals surface area contributed by atoms with E-state index < -0.39 is 17.4 Å². The van der Waals surface area contributed by atoms with Crippen LogP contribution < -0.4 is 5.56 Å². The van der Waals surface area contributed by atoms with Crippen molar-refractivity contribution >= 4 is 11.9 Å². The number of pyridine rings is 1. The van der Waals surface area contributed by atoms with Crippen molar-refractivity contribution in [3.63, 3.8) is 0 Å². The molecule has 102 valence electrons. The first-order valence-corrected chi connectivity index (χ1v) is 6.27. The molecule has 1 N–H and O–H groups in total. The van der Waals surface area contributed by atoms with Crippen LogP contribution in [0.2, 0.25) is 0 Å². The molecule has 0 saturated heterocycles. The second-order valence-electron chi connectivity index (χ2n) is 4.38. The zero-order chi connectivity index (χ0) is 13.8. The molecule has 0 radical (unpaired) electrons. The Balaban J connectivity index is 2.15. The molecule has 1 aliphatic carbocycles. The Labute approximate surface area is 110 Å². The van der Waals surface area contributed by atoms with Crippen molar-refractivity contribution in [3.8, 4) is 0 Å². The normalized spacial score (nSPS) is 13.9. The number of nitrogens with zero attached hydrogens (tertiary/aromatic N) is 1. The SMILES string of the molecule is CCOC(=O)CN(C(=O)c1ccc[nH]c1=O)C1CC1. The number of carbonyl (C=O) groups is 2. The summed E-state index contributed by atoms with van der Waals surface area (Å²) in [5.41, 5.74) is -0.388. The fourth-order valence-corrected chi connectivity index (χ4v) is 1.84. The minimum atomic E-state index is -0.449. The monoisotopic (exact) mass is 264 g/mol. The fourth-order valence-electron chi connectivity index (χ4n) is 1.84. The molecule has 1 fully saturated rings. The first-order valence-electron chi connectivity index (χ1n) is 6.27. The van der Waals surface area contributed by atoms with Gasteiger partial charge in [0.25, 0.3) is 11.5 Å². The van der Waals surface area contributed by atoms with E-state index in [4.69, 9.17) is 4.74 Å². The zero-order valence-electron chi connectivity index (χ0n) is 10.7. The number of hydrogen-bond acceptors (Lipinski definition) is 4. The van der Waals surface area contributed by atoms with E-state index in [1.807, 2.05) is 0 Å². The molecule has 0 unspecified atom stereocenters. The van der Waals surface area contributed by atoms with Gasteiger partial charge in [-0.3, -0.25) is 14.4 Å². The van der Waals surface area contributed by atoms with Crippen molar-refractivity contribution in [1.29, 1.82) is 0 Å². The number of rotatable bonds is 5. The van der Waals surface area contributed by atoms with E-state index in [0.717, 1.165) is 12.8 Å². The summed E-state index contributed by atoms with van der Waals surface area (Å²) in [4.78, 5) is 39.3. The summed E-state index contributed by atoms with van der Waals surface area (Å²) in [5, 5.41) is 0. The van der Waals surface area contributed by atoms with Crippen LogP contribution >= 0.6 is 0 Å². The molecule has 1 saturated carbocycles. The lowest BCUT2D eigenvalue weighted by atomic mass is 10.2. The average Bonchev–Trinajstić information content (AvgIpc) is 3.20. The number of ether oxygens (including phenoxy) is 1. The van der Waals surface area contributed by atoms with E-state index >= 15 is 0 Å². The van der Waals surface area contributed by atoms with Crippen molar-refractivity contribution in [1.82, 2.24) is 9.88 Å². The lowest BCUT2D eigenvalue weighted by molar-refractivity contribution is -0.144. The third-order valence-corrected chi connectivity index (χ3v) is 2.90. The number of esters is 1. The lowest BCUT2D eigenvalue weighted by Gasteiger charge is -2.20. The van der Waals surface area contributed by atoms with Gasteiger partial charge in [0.1, 0.15) is 12.1 Å². The first-order chi connectivity index (χ1) is 9.13. The van der Waals surface area contributed by atoms with Crippen LogP contribution in [0.4, 0.5) is 0 Å². The number of H-pyrrole nitrogens is 1. The van der Waals surface area contributed by atoms with Crippen LogP contribution in [0, 0.1) is 0 Å². The van der Waals surface area contributed by atoms with Gasteiger partial charge in [-0.05, 0) is 31.9 Å². The third kappa shape index (κ3) is 3.21. The van der Waals surface area contributed by atoms with Crippen LogP contribution in [0.3, 0.4) is 0 Å². The highest BCUT2D eigenvalue weighted by atomic mass is 16.5. The fraction of sp³-hybridized carbons (Fsp3) is 0.462. The second-order valence-corrected chi connectivity index (χ2v) is 4.38. The van der Waals surface area contributed by atoms with Gasteiger partial charge in [0.15, 0.2) is 0 Å². The van der Waals surface area contributed by atoms with E-state index in [1.54, 1.807) is 13.0 Å². The van der Waals surface area contributed by atoms with Gasteiger partial charge in [0.2, 0.25) is 0 Å². The minimum Gasteiger partial charge on any atom is -0.465 e. The maximum absolute atomic E-state index is 12.3. The van der Waals surface area contributed by atoms with Crippen molar-refractivity contribution in [2.24, 2.45) is 0 Å². The molecule has 6 nitrogen and oxygen atoms in total. The summed E-state index contributed by atoms with van der Waals surface area (Å²) in [7, 11) is 0.